The average Bonchev–Trinajstić information content (AvgIpc) is 3.47. The van der Waals surface area contributed by atoms with Crippen LogP contribution in [0.5, 0.6) is 0 Å². The minimum Gasteiger partial charge on any atom is -0.237 e. The van der Waals surface area contributed by atoms with E-state index in [0.717, 1.165) is 25.7 Å². The Kier molecular flexibility index (Phi) is 17.5. The molecule has 0 aliphatic rings. The third kappa shape index (κ3) is 12.0. The van der Waals surface area contributed by atoms with E-state index in [4.69, 9.17) is 0 Å². The fraction of sp³-hybridized carbons (Fsp3) is 0.0909. The van der Waals surface area contributed by atoms with Crippen molar-refractivity contribution in [2.75, 3.05) is 0 Å². The molecule has 0 bridgehead atoms. The van der Waals surface area contributed by atoms with Gasteiger partial charge in [-0.2, -0.15) is 0 Å². The maximum absolute atomic E-state index is 2.99. The minimum atomic E-state index is -1.00. The Morgan fingerprint density at radius 1 is 0.208 bits per heavy atom. The summed E-state index contributed by atoms with van der Waals surface area (Å²) in [6.45, 7) is 0. The second kappa shape index (κ2) is 25.5. The Balaban J connectivity index is 1.11. The fourth-order valence-corrected chi connectivity index (χ4v) is 22.4. The lowest BCUT2D eigenvalue weighted by Gasteiger charge is -2.45. The fourth-order valence-electron chi connectivity index (χ4n) is 9.69. The highest BCUT2D eigenvalue weighted by molar-refractivity contribution is 7.85. The van der Waals surface area contributed by atoms with Gasteiger partial charge in [-0.25, -0.2) is 8.88 Å². The first-order valence-electron chi connectivity index (χ1n) is 25.1. The molecule has 2 unspecified atom stereocenters. The van der Waals surface area contributed by atoms with Crippen LogP contribution in [0.3, 0.4) is 0 Å². The summed E-state index contributed by atoms with van der Waals surface area (Å²) in [5.74, 6) is 0. The lowest BCUT2D eigenvalue weighted by atomic mass is 9.98. The van der Waals surface area contributed by atoms with Crippen molar-refractivity contribution in [3.63, 3.8) is 0 Å². The van der Waals surface area contributed by atoms with E-state index in [-0.39, 0.29) is 12.1 Å². The molecule has 2 atom stereocenters. The largest absolute Gasteiger partial charge is 0.237 e. The number of hydrogen-bond donors (Lipinski definition) is 0. The van der Waals surface area contributed by atoms with Gasteiger partial charge in [-0.1, -0.05) is 316 Å². The molecule has 0 saturated heterocycles. The van der Waals surface area contributed by atoms with Gasteiger partial charge in [0.1, 0.15) is 0 Å². The molecule has 0 N–H and O–H groups in total. The van der Waals surface area contributed by atoms with Gasteiger partial charge in [0.25, 0.3) is 0 Å². The molecule has 10 rings (SSSR count). The third-order valence-corrected chi connectivity index (χ3v) is 24.2. The van der Waals surface area contributed by atoms with Gasteiger partial charge in [-0.15, -0.1) is 0 Å². The Morgan fingerprint density at radius 3 is 0.528 bits per heavy atom. The monoisotopic (exact) mass is 1000 g/mol. The van der Waals surface area contributed by atoms with E-state index >= 15 is 0 Å². The topological polar surface area (TPSA) is 6.48 Å². The number of hydrogen-bond acceptors (Lipinski definition) is 2. The quantitative estimate of drug-likeness (QED) is 0.0523. The first-order chi connectivity index (χ1) is 35.8. The predicted octanol–water partition coefficient (Wildman–Crippen LogP) is 14.8. The molecule has 0 radical (unpaired) electrons. The van der Waals surface area contributed by atoms with Crippen LogP contribution in [-0.2, 0) is 0 Å². The molecule has 0 fully saturated rings. The summed E-state index contributed by atoms with van der Waals surface area (Å²) in [7, 11) is -4.02. The molecule has 0 heterocycles. The SMILES string of the molecule is c1ccc(C(CCCCC(c2ccccc2)N(P(c2ccccc2)c2ccccc2)P(c2ccccc2)c2ccccc2)N(P(c2ccccc2)c2ccccc2)P(c2ccccc2)c2ccccc2)cc1. The maximum Gasteiger partial charge on any atom is 0.0436 e. The lowest BCUT2D eigenvalue weighted by Crippen LogP contribution is -2.35. The normalized spacial score (nSPS) is 12.5. The van der Waals surface area contributed by atoms with Crippen LogP contribution in [0.4, 0.5) is 0 Å². The Morgan fingerprint density at radius 2 is 0.361 bits per heavy atom. The van der Waals surface area contributed by atoms with E-state index in [9.17, 15) is 0 Å². The lowest BCUT2D eigenvalue weighted by molar-refractivity contribution is 0.417. The van der Waals surface area contributed by atoms with Gasteiger partial charge in [0.15, 0.2) is 0 Å². The van der Waals surface area contributed by atoms with Gasteiger partial charge >= 0.3 is 0 Å². The molecule has 2 nitrogen and oxygen atoms in total. The van der Waals surface area contributed by atoms with Crippen LogP contribution < -0.4 is 42.4 Å². The van der Waals surface area contributed by atoms with E-state index in [1.807, 2.05) is 0 Å². The Bertz CT molecular complexity index is 2550. The highest BCUT2D eigenvalue weighted by Crippen LogP contribution is 2.62. The molecular weight excluding hydrogens is 945 g/mol. The summed E-state index contributed by atoms with van der Waals surface area (Å²) < 4.78 is 5.98. The van der Waals surface area contributed by atoms with E-state index in [2.05, 4.69) is 312 Å². The number of nitrogens with zero attached hydrogens (tertiary/aromatic N) is 2. The summed E-state index contributed by atoms with van der Waals surface area (Å²) in [6.07, 6.45) is 4.10. The first kappa shape index (κ1) is 49.4. The minimum absolute atomic E-state index is 0.118. The van der Waals surface area contributed by atoms with Crippen LogP contribution in [-0.4, -0.2) is 8.88 Å². The third-order valence-electron chi connectivity index (χ3n) is 13.0. The first-order valence-corrected chi connectivity index (χ1v) is 30.3. The van der Waals surface area contributed by atoms with Crippen molar-refractivity contribution in [3.8, 4) is 0 Å². The summed E-state index contributed by atoms with van der Waals surface area (Å²) >= 11 is 0. The van der Waals surface area contributed by atoms with Crippen molar-refractivity contribution in [2.24, 2.45) is 0 Å². The van der Waals surface area contributed by atoms with Crippen LogP contribution in [0.1, 0.15) is 48.9 Å². The van der Waals surface area contributed by atoms with Crippen molar-refractivity contribution >= 4 is 74.7 Å². The van der Waals surface area contributed by atoms with Crippen LogP contribution >= 0.6 is 32.3 Å². The molecule has 354 valence electrons. The van der Waals surface area contributed by atoms with Gasteiger partial charge in [0, 0.05) is 44.4 Å². The second-order valence-electron chi connectivity index (χ2n) is 17.7. The molecule has 10 aromatic rings. The van der Waals surface area contributed by atoms with E-state index in [1.165, 1.54) is 53.6 Å². The molecule has 10 aromatic carbocycles. The van der Waals surface area contributed by atoms with Gasteiger partial charge < -0.3 is 0 Å². The molecule has 0 aliphatic carbocycles. The van der Waals surface area contributed by atoms with Crippen LogP contribution in [0.25, 0.3) is 0 Å². The molecule has 6 heteroatoms. The summed E-state index contributed by atoms with van der Waals surface area (Å²) in [4.78, 5) is 0. The summed E-state index contributed by atoms with van der Waals surface area (Å²) in [5, 5.41) is 10.9. The van der Waals surface area contributed by atoms with Crippen LogP contribution in [0.2, 0.25) is 0 Å². The van der Waals surface area contributed by atoms with Crippen molar-refractivity contribution < 1.29 is 0 Å². The Hall–Kier alpha value is -6.16. The molecule has 0 spiro atoms. The molecular formula is C66H60N2P4. The summed E-state index contributed by atoms with van der Waals surface area (Å²) in [5.41, 5.74) is 2.73. The van der Waals surface area contributed by atoms with Crippen LogP contribution in [0.15, 0.2) is 303 Å². The number of rotatable bonds is 21. The standard InChI is InChI=1S/C66H60N2P4/c1-11-33-55(34-12-1)65(67(69(57-37-15-3-16-38-57)58-39-17-4-18-40-58)70(59-41-19-5-20-42-59)60-43-21-6-22-44-60)53-31-32-54-66(56-35-13-2-14-36-56)68(71(61-45-23-7-24-46-61)62-47-25-8-26-48-62)72(63-49-27-9-28-50-63)64-51-29-10-30-52-64/h1-30,33-52,65-66H,31-32,53-54H2. The van der Waals surface area contributed by atoms with Gasteiger partial charge in [0.05, 0.1) is 0 Å². The molecule has 0 amide bonds. The maximum atomic E-state index is 2.99. The van der Waals surface area contributed by atoms with Crippen molar-refractivity contribution in [2.45, 2.75) is 37.8 Å². The van der Waals surface area contributed by atoms with Crippen molar-refractivity contribution in [1.29, 1.82) is 0 Å². The highest BCUT2D eigenvalue weighted by atomic mass is 31.2. The number of benzene rings is 10. The molecule has 0 aromatic heterocycles. The molecule has 0 saturated carbocycles. The zero-order valence-corrected chi connectivity index (χ0v) is 44.1. The van der Waals surface area contributed by atoms with Crippen LogP contribution in [0, 0.1) is 0 Å². The molecule has 0 aliphatic heterocycles. The summed E-state index contributed by atoms with van der Waals surface area (Å²) in [6, 6.07) is 114. The van der Waals surface area contributed by atoms with Gasteiger partial charge in [-0.05, 0) is 66.4 Å². The predicted molar refractivity (Wildman–Crippen MR) is 317 cm³/mol. The van der Waals surface area contributed by atoms with E-state index < -0.39 is 32.3 Å². The smallest absolute Gasteiger partial charge is 0.0436 e. The highest BCUT2D eigenvalue weighted by Gasteiger charge is 2.39. The van der Waals surface area contributed by atoms with Crippen molar-refractivity contribution in [1.82, 2.24) is 8.88 Å². The Labute approximate surface area is 433 Å². The van der Waals surface area contributed by atoms with Gasteiger partial charge in [-0.3, -0.25) is 0 Å². The van der Waals surface area contributed by atoms with Crippen molar-refractivity contribution in [3.05, 3.63) is 314 Å². The number of unbranched alkanes of at least 4 members (excludes halogenated alkanes) is 1. The zero-order valence-electron chi connectivity index (χ0n) is 40.5. The zero-order chi connectivity index (χ0) is 48.6. The molecule has 72 heavy (non-hydrogen) atoms. The van der Waals surface area contributed by atoms with Gasteiger partial charge in [0.2, 0.25) is 0 Å². The second-order valence-corrected chi connectivity index (χ2v) is 26.7. The van der Waals surface area contributed by atoms with E-state index in [1.54, 1.807) is 0 Å². The van der Waals surface area contributed by atoms with E-state index in [0.29, 0.717) is 0 Å². The average molecular weight is 1010 g/mol.